The molecule has 2 N–H and O–H groups in total. The summed E-state index contributed by atoms with van der Waals surface area (Å²) in [5.41, 5.74) is 8.24. The largest absolute Gasteiger partial charge is 0.494 e. The third-order valence-electron chi connectivity index (χ3n) is 6.86. The van der Waals surface area contributed by atoms with E-state index in [9.17, 15) is 9.59 Å². The Bertz CT molecular complexity index is 1030. The van der Waals surface area contributed by atoms with Gasteiger partial charge in [-0.2, -0.15) is 0 Å². The van der Waals surface area contributed by atoms with Crippen molar-refractivity contribution in [3.63, 3.8) is 0 Å². The summed E-state index contributed by atoms with van der Waals surface area (Å²) in [6.07, 6.45) is 3.13. The second kappa shape index (κ2) is 11.1. The SMILES string of the molecule is NC(=O)C(c1ccccc1)(c1ccccc1)[C@@H]1CCN(CCCOc2ccc(CC=O)cc2)C1. The summed E-state index contributed by atoms with van der Waals surface area (Å²) in [4.78, 5) is 26.2. The first-order valence-electron chi connectivity index (χ1n) is 11.9. The second-order valence-corrected chi connectivity index (χ2v) is 8.91. The van der Waals surface area contributed by atoms with Gasteiger partial charge in [-0.05, 0) is 54.1 Å². The molecule has 0 radical (unpaired) electrons. The first-order chi connectivity index (χ1) is 16.6. The summed E-state index contributed by atoms with van der Waals surface area (Å²) in [5, 5.41) is 0. The van der Waals surface area contributed by atoms with Gasteiger partial charge >= 0.3 is 0 Å². The van der Waals surface area contributed by atoms with Crippen LogP contribution in [-0.4, -0.2) is 43.3 Å². The first kappa shape index (κ1) is 23.7. The van der Waals surface area contributed by atoms with Gasteiger partial charge in [0, 0.05) is 19.5 Å². The highest BCUT2D eigenvalue weighted by molar-refractivity contribution is 5.91. The van der Waals surface area contributed by atoms with Crippen molar-refractivity contribution in [2.24, 2.45) is 11.7 Å². The van der Waals surface area contributed by atoms with Gasteiger partial charge in [0.2, 0.25) is 5.91 Å². The molecular formula is C29H32N2O3. The predicted octanol–water partition coefficient (Wildman–Crippen LogP) is 3.99. The summed E-state index contributed by atoms with van der Waals surface area (Å²) in [7, 11) is 0. The number of likely N-dealkylation sites (tertiary alicyclic amines) is 1. The lowest BCUT2D eigenvalue weighted by Crippen LogP contribution is -2.49. The molecule has 3 aromatic rings. The van der Waals surface area contributed by atoms with Crippen LogP contribution in [0.15, 0.2) is 84.9 Å². The Morgan fingerprint density at radius 2 is 1.59 bits per heavy atom. The molecule has 3 aromatic carbocycles. The molecule has 0 aromatic heterocycles. The van der Waals surface area contributed by atoms with Gasteiger partial charge in [0.05, 0.1) is 6.61 Å². The molecule has 1 heterocycles. The van der Waals surface area contributed by atoms with E-state index >= 15 is 0 Å². The summed E-state index contributed by atoms with van der Waals surface area (Å²) in [5.74, 6) is 0.619. The summed E-state index contributed by atoms with van der Waals surface area (Å²) >= 11 is 0. The highest BCUT2D eigenvalue weighted by Gasteiger charge is 2.49. The number of amides is 1. The number of primary amides is 1. The van der Waals surface area contributed by atoms with E-state index in [0.29, 0.717) is 13.0 Å². The normalized spacial score (nSPS) is 16.3. The minimum atomic E-state index is -0.850. The number of aldehydes is 1. The lowest BCUT2D eigenvalue weighted by atomic mass is 9.64. The van der Waals surface area contributed by atoms with Gasteiger partial charge < -0.3 is 20.2 Å². The molecule has 0 unspecified atom stereocenters. The Morgan fingerprint density at radius 1 is 0.971 bits per heavy atom. The fourth-order valence-corrected chi connectivity index (χ4v) is 5.21. The van der Waals surface area contributed by atoms with Crippen molar-refractivity contribution in [3.8, 4) is 5.75 Å². The highest BCUT2D eigenvalue weighted by Crippen LogP contribution is 2.43. The average molecular weight is 457 g/mol. The quantitative estimate of drug-likeness (QED) is 0.350. The van der Waals surface area contributed by atoms with E-state index in [4.69, 9.17) is 10.5 Å². The van der Waals surface area contributed by atoms with Crippen molar-refractivity contribution in [1.29, 1.82) is 0 Å². The van der Waals surface area contributed by atoms with Crippen molar-refractivity contribution >= 4 is 12.2 Å². The molecule has 1 aliphatic rings. The topological polar surface area (TPSA) is 72.6 Å². The Morgan fingerprint density at radius 3 is 2.15 bits per heavy atom. The van der Waals surface area contributed by atoms with E-state index in [2.05, 4.69) is 4.90 Å². The van der Waals surface area contributed by atoms with Crippen molar-refractivity contribution < 1.29 is 14.3 Å². The second-order valence-electron chi connectivity index (χ2n) is 8.91. The van der Waals surface area contributed by atoms with E-state index in [1.165, 1.54) is 0 Å². The monoisotopic (exact) mass is 456 g/mol. The number of ether oxygens (including phenoxy) is 1. The molecule has 1 atom stereocenters. The molecule has 4 rings (SSSR count). The summed E-state index contributed by atoms with van der Waals surface area (Å²) in [6, 6.07) is 27.6. The molecule has 0 bridgehead atoms. The van der Waals surface area contributed by atoms with Crippen LogP contribution in [0, 0.1) is 5.92 Å². The van der Waals surface area contributed by atoms with Gasteiger partial charge in [0.1, 0.15) is 17.5 Å². The Balaban J connectivity index is 1.41. The Hall–Kier alpha value is -3.44. The van der Waals surface area contributed by atoms with E-state index in [0.717, 1.165) is 61.2 Å². The molecule has 0 aliphatic carbocycles. The van der Waals surface area contributed by atoms with Gasteiger partial charge in [-0.25, -0.2) is 0 Å². The van der Waals surface area contributed by atoms with Crippen LogP contribution >= 0.6 is 0 Å². The van der Waals surface area contributed by atoms with Crippen molar-refractivity contribution in [1.82, 2.24) is 4.90 Å². The third kappa shape index (κ3) is 5.05. The van der Waals surface area contributed by atoms with Crippen LogP contribution in [0.25, 0.3) is 0 Å². The lowest BCUT2D eigenvalue weighted by Gasteiger charge is -2.37. The number of hydrogen-bond donors (Lipinski definition) is 1. The maximum absolute atomic E-state index is 13.2. The van der Waals surface area contributed by atoms with Gasteiger partial charge in [0.25, 0.3) is 0 Å². The summed E-state index contributed by atoms with van der Waals surface area (Å²) in [6.45, 7) is 3.26. The smallest absolute Gasteiger partial charge is 0.232 e. The van der Waals surface area contributed by atoms with E-state index in [-0.39, 0.29) is 11.8 Å². The summed E-state index contributed by atoms with van der Waals surface area (Å²) < 4.78 is 5.88. The van der Waals surface area contributed by atoms with Gasteiger partial charge in [-0.1, -0.05) is 72.8 Å². The van der Waals surface area contributed by atoms with Gasteiger partial charge in [-0.15, -0.1) is 0 Å². The highest BCUT2D eigenvalue weighted by atomic mass is 16.5. The van der Waals surface area contributed by atoms with Crippen LogP contribution in [-0.2, 0) is 21.4 Å². The van der Waals surface area contributed by atoms with Crippen molar-refractivity contribution in [2.45, 2.75) is 24.7 Å². The van der Waals surface area contributed by atoms with Crippen molar-refractivity contribution in [2.75, 3.05) is 26.2 Å². The van der Waals surface area contributed by atoms with E-state index < -0.39 is 5.41 Å². The molecule has 1 aliphatic heterocycles. The number of benzene rings is 3. The zero-order chi connectivity index (χ0) is 23.8. The molecule has 5 heteroatoms. The number of nitrogens with zero attached hydrogens (tertiary/aromatic N) is 1. The standard InChI is InChI=1S/C29H32N2O3/c30-28(33)29(24-8-3-1-4-9-24,25-10-5-2-6-11-25)26-16-19-31(22-26)18-7-21-34-27-14-12-23(13-15-27)17-20-32/h1-6,8-15,20,26H,7,16-19,21-22H2,(H2,30,33)/t26-/m1/s1. The van der Waals surface area contributed by atoms with Crippen LogP contribution < -0.4 is 10.5 Å². The predicted molar refractivity (Wildman–Crippen MR) is 134 cm³/mol. The van der Waals surface area contributed by atoms with Gasteiger partial charge in [0.15, 0.2) is 0 Å². The number of carbonyl (C=O) groups excluding carboxylic acids is 2. The zero-order valence-electron chi connectivity index (χ0n) is 19.4. The lowest BCUT2D eigenvalue weighted by molar-refractivity contribution is -0.123. The van der Waals surface area contributed by atoms with E-state index in [1.54, 1.807) is 0 Å². The van der Waals surface area contributed by atoms with E-state index in [1.807, 2.05) is 84.9 Å². The fraction of sp³-hybridized carbons (Fsp3) is 0.310. The maximum atomic E-state index is 13.2. The molecular weight excluding hydrogens is 424 g/mol. The average Bonchev–Trinajstić information content (AvgIpc) is 3.34. The molecule has 1 amide bonds. The van der Waals surface area contributed by atoms with Crippen LogP contribution in [0.2, 0.25) is 0 Å². The third-order valence-corrected chi connectivity index (χ3v) is 6.86. The fourth-order valence-electron chi connectivity index (χ4n) is 5.21. The zero-order valence-corrected chi connectivity index (χ0v) is 19.4. The van der Waals surface area contributed by atoms with Crippen LogP contribution in [0.1, 0.15) is 29.5 Å². The Labute approximate surface area is 201 Å². The van der Waals surface area contributed by atoms with Crippen LogP contribution in [0.5, 0.6) is 5.75 Å². The van der Waals surface area contributed by atoms with Gasteiger partial charge in [-0.3, -0.25) is 4.79 Å². The molecule has 0 spiro atoms. The number of rotatable bonds is 11. The first-order valence-corrected chi connectivity index (χ1v) is 11.9. The van der Waals surface area contributed by atoms with Crippen molar-refractivity contribution in [3.05, 3.63) is 102 Å². The molecule has 1 fully saturated rings. The number of carbonyl (C=O) groups is 2. The Kier molecular flexibility index (Phi) is 7.76. The molecule has 34 heavy (non-hydrogen) atoms. The van der Waals surface area contributed by atoms with Crippen LogP contribution in [0.3, 0.4) is 0 Å². The molecule has 1 saturated heterocycles. The number of nitrogens with two attached hydrogens (primary N) is 1. The minimum Gasteiger partial charge on any atom is -0.494 e. The van der Waals surface area contributed by atoms with Crippen LogP contribution in [0.4, 0.5) is 0 Å². The molecule has 176 valence electrons. The molecule has 5 nitrogen and oxygen atoms in total. The minimum absolute atomic E-state index is 0.0982. The number of hydrogen-bond acceptors (Lipinski definition) is 4. The molecule has 0 saturated carbocycles. The maximum Gasteiger partial charge on any atom is 0.232 e.